The van der Waals surface area contributed by atoms with Crippen molar-refractivity contribution in [3.05, 3.63) is 61.4 Å². The van der Waals surface area contributed by atoms with Crippen LogP contribution in [0.3, 0.4) is 0 Å². The summed E-state index contributed by atoms with van der Waals surface area (Å²) in [5, 5.41) is 3.64. The number of benzene rings is 1. The maximum Gasteiger partial charge on any atom is 0.0422 e. The average Bonchev–Trinajstić information content (AvgIpc) is 2.48. The van der Waals surface area contributed by atoms with Gasteiger partial charge in [-0.25, -0.2) is 0 Å². The fraction of sp³-hybridized carbons (Fsp3) is 0.353. The van der Waals surface area contributed by atoms with E-state index in [0.29, 0.717) is 0 Å². The molecular formula is C17H20BrIN2. The fourth-order valence-electron chi connectivity index (χ4n) is 2.22. The van der Waals surface area contributed by atoms with Crippen LogP contribution in [0.1, 0.15) is 36.2 Å². The highest BCUT2D eigenvalue weighted by Crippen LogP contribution is 2.27. The number of pyridine rings is 1. The summed E-state index contributed by atoms with van der Waals surface area (Å²) >= 11 is 6.05. The van der Waals surface area contributed by atoms with E-state index in [1.165, 1.54) is 14.7 Å². The van der Waals surface area contributed by atoms with Gasteiger partial charge < -0.3 is 5.32 Å². The standard InChI is InChI=1S/C17H20BrIN2/c1-3-8-20-17(10-14-6-4-12(2)11-21-14)15-9-13(19)5-7-16(15)18/h4-7,9,11,17,20H,3,8,10H2,1-2H3. The van der Waals surface area contributed by atoms with Crippen molar-refractivity contribution >= 4 is 38.5 Å². The van der Waals surface area contributed by atoms with Gasteiger partial charge in [0.25, 0.3) is 0 Å². The van der Waals surface area contributed by atoms with E-state index >= 15 is 0 Å². The lowest BCUT2D eigenvalue weighted by Crippen LogP contribution is -2.25. The van der Waals surface area contributed by atoms with Gasteiger partial charge in [-0.3, -0.25) is 4.98 Å². The van der Waals surface area contributed by atoms with E-state index in [-0.39, 0.29) is 6.04 Å². The highest BCUT2D eigenvalue weighted by atomic mass is 127. The van der Waals surface area contributed by atoms with Crippen LogP contribution in [0.5, 0.6) is 0 Å². The molecule has 0 saturated heterocycles. The van der Waals surface area contributed by atoms with Crippen molar-refractivity contribution < 1.29 is 0 Å². The average molecular weight is 459 g/mol. The Morgan fingerprint density at radius 3 is 2.76 bits per heavy atom. The van der Waals surface area contributed by atoms with Crippen LogP contribution in [0, 0.1) is 10.5 Å². The number of rotatable bonds is 6. The Balaban J connectivity index is 2.25. The Morgan fingerprint density at radius 1 is 1.29 bits per heavy atom. The quantitative estimate of drug-likeness (QED) is 0.613. The summed E-state index contributed by atoms with van der Waals surface area (Å²) in [6.45, 7) is 5.27. The molecule has 2 aromatic rings. The first kappa shape index (κ1) is 16.9. The van der Waals surface area contributed by atoms with Crippen LogP contribution in [0.4, 0.5) is 0 Å². The van der Waals surface area contributed by atoms with E-state index < -0.39 is 0 Å². The number of nitrogens with zero attached hydrogens (tertiary/aromatic N) is 1. The van der Waals surface area contributed by atoms with E-state index in [4.69, 9.17) is 0 Å². The van der Waals surface area contributed by atoms with Gasteiger partial charge in [-0.2, -0.15) is 0 Å². The van der Waals surface area contributed by atoms with E-state index in [9.17, 15) is 0 Å². The van der Waals surface area contributed by atoms with E-state index in [2.05, 4.69) is 93.0 Å². The molecule has 0 spiro atoms. The van der Waals surface area contributed by atoms with Crippen molar-refractivity contribution in [1.29, 1.82) is 0 Å². The number of aryl methyl sites for hydroxylation is 1. The van der Waals surface area contributed by atoms with Crippen LogP contribution in [-0.2, 0) is 6.42 Å². The largest absolute Gasteiger partial charge is 0.310 e. The van der Waals surface area contributed by atoms with Gasteiger partial charge in [0.1, 0.15) is 0 Å². The van der Waals surface area contributed by atoms with Gasteiger partial charge in [0, 0.05) is 32.4 Å². The zero-order valence-corrected chi connectivity index (χ0v) is 16.1. The predicted molar refractivity (Wildman–Crippen MR) is 101 cm³/mol. The molecule has 2 nitrogen and oxygen atoms in total. The lowest BCUT2D eigenvalue weighted by atomic mass is 10.0. The molecule has 0 aliphatic rings. The molecule has 0 fully saturated rings. The van der Waals surface area contributed by atoms with Gasteiger partial charge in [-0.05, 0) is 77.9 Å². The van der Waals surface area contributed by atoms with E-state index in [1.54, 1.807) is 0 Å². The first-order chi connectivity index (χ1) is 10.1. The molecule has 112 valence electrons. The number of halogens is 2. The molecule has 0 amide bonds. The summed E-state index contributed by atoms with van der Waals surface area (Å²) in [4.78, 5) is 4.55. The first-order valence-corrected chi connectivity index (χ1v) is 9.07. The lowest BCUT2D eigenvalue weighted by Gasteiger charge is -2.20. The normalized spacial score (nSPS) is 12.4. The summed E-state index contributed by atoms with van der Waals surface area (Å²) in [5.41, 5.74) is 3.63. The Labute approximate surface area is 149 Å². The molecule has 1 N–H and O–H groups in total. The molecule has 0 aliphatic carbocycles. The molecule has 0 aliphatic heterocycles. The summed E-state index contributed by atoms with van der Waals surface area (Å²) in [7, 11) is 0. The van der Waals surface area contributed by atoms with Crippen molar-refractivity contribution in [2.75, 3.05) is 6.54 Å². The second-order valence-electron chi connectivity index (χ2n) is 5.20. The third kappa shape index (κ3) is 5.04. The number of aromatic nitrogens is 1. The van der Waals surface area contributed by atoms with Crippen LogP contribution in [0.15, 0.2) is 41.0 Å². The van der Waals surface area contributed by atoms with Gasteiger partial charge in [-0.1, -0.05) is 28.9 Å². The number of hydrogen-bond donors (Lipinski definition) is 1. The molecule has 0 saturated carbocycles. The Kier molecular flexibility index (Phi) is 6.64. The maximum atomic E-state index is 4.55. The molecule has 1 atom stereocenters. The van der Waals surface area contributed by atoms with Gasteiger partial charge >= 0.3 is 0 Å². The summed E-state index contributed by atoms with van der Waals surface area (Å²) in [6, 6.07) is 11.0. The maximum absolute atomic E-state index is 4.55. The molecule has 0 bridgehead atoms. The van der Waals surface area contributed by atoms with Crippen molar-refractivity contribution in [3.8, 4) is 0 Å². The molecular weight excluding hydrogens is 439 g/mol. The molecule has 0 radical (unpaired) electrons. The molecule has 1 heterocycles. The molecule has 1 aromatic carbocycles. The number of hydrogen-bond acceptors (Lipinski definition) is 2. The monoisotopic (exact) mass is 458 g/mol. The Hall–Kier alpha value is -0.460. The topological polar surface area (TPSA) is 24.9 Å². The van der Waals surface area contributed by atoms with Crippen molar-refractivity contribution in [3.63, 3.8) is 0 Å². The predicted octanol–water partition coefficient (Wildman–Crippen LogP) is 5.04. The third-order valence-electron chi connectivity index (χ3n) is 3.36. The zero-order valence-electron chi connectivity index (χ0n) is 12.4. The van der Waals surface area contributed by atoms with Gasteiger partial charge in [0.05, 0.1) is 0 Å². The van der Waals surface area contributed by atoms with Crippen molar-refractivity contribution in [2.24, 2.45) is 0 Å². The number of nitrogens with one attached hydrogen (secondary N) is 1. The molecule has 4 heteroatoms. The van der Waals surface area contributed by atoms with Crippen LogP contribution in [0.25, 0.3) is 0 Å². The summed E-state index contributed by atoms with van der Waals surface area (Å²) < 4.78 is 2.41. The Morgan fingerprint density at radius 2 is 2.10 bits per heavy atom. The van der Waals surface area contributed by atoms with Crippen LogP contribution >= 0.6 is 38.5 Å². The molecule has 1 unspecified atom stereocenters. The second-order valence-corrected chi connectivity index (χ2v) is 7.30. The SMILES string of the molecule is CCCNC(Cc1ccc(C)cn1)c1cc(I)ccc1Br. The lowest BCUT2D eigenvalue weighted by molar-refractivity contribution is 0.522. The molecule has 21 heavy (non-hydrogen) atoms. The van der Waals surface area contributed by atoms with Crippen LogP contribution < -0.4 is 5.32 Å². The zero-order chi connectivity index (χ0) is 15.2. The smallest absolute Gasteiger partial charge is 0.0422 e. The van der Waals surface area contributed by atoms with Crippen LogP contribution in [0.2, 0.25) is 0 Å². The minimum Gasteiger partial charge on any atom is -0.310 e. The van der Waals surface area contributed by atoms with E-state index in [1.807, 2.05) is 6.20 Å². The van der Waals surface area contributed by atoms with Gasteiger partial charge in [0.15, 0.2) is 0 Å². The first-order valence-electron chi connectivity index (χ1n) is 7.20. The summed E-state index contributed by atoms with van der Waals surface area (Å²) in [5.74, 6) is 0. The minimum atomic E-state index is 0.282. The van der Waals surface area contributed by atoms with Gasteiger partial charge in [-0.15, -0.1) is 0 Å². The molecule has 2 rings (SSSR count). The highest BCUT2D eigenvalue weighted by molar-refractivity contribution is 14.1. The van der Waals surface area contributed by atoms with Crippen LogP contribution in [-0.4, -0.2) is 11.5 Å². The Bertz CT molecular complexity index is 584. The van der Waals surface area contributed by atoms with E-state index in [0.717, 1.165) is 29.6 Å². The van der Waals surface area contributed by atoms with Crippen molar-refractivity contribution in [1.82, 2.24) is 10.3 Å². The second kappa shape index (κ2) is 8.25. The van der Waals surface area contributed by atoms with Gasteiger partial charge in [0.2, 0.25) is 0 Å². The third-order valence-corrected chi connectivity index (χ3v) is 4.75. The minimum absolute atomic E-state index is 0.282. The summed E-state index contributed by atoms with van der Waals surface area (Å²) in [6.07, 6.45) is 3.97. The highest BCUT2D eigenvalue weighted by Gasteiger charge is 2.15. The fourth-order valence-corrected chi connectivity index (χ4v) is 3.26. The molecule has 1 aromatic heterocycles. The van der Waals surface area contributed by atoms with Crippen molar-refractivity contribution in [2.45, 2.75) is 32.7 Å².